The molecule has 2 aromatic heterocycles. The number of rotatable bonds is 2. The fraction of sp³-hybridized carbons (Fsp3) is 0.545. The van der Waals surface area contributed by atoms with Crippen molar-refractivity contribution in [1.29, 1.82) is 0 Å². The lowest BCUT2D eigenvalue weighted by molar-refractivity contribution is -0.0430. The van der Waals surface area contributed by atoms with Crippen molar-refractivity contribution in [3.05, 3.63) is 16.7 Å². The molecule has 0 unspecified atom stereocenters. The molecule has 0 aromatic carbocycles. The van der Waals surface area contributed by atoms with Crippen LogP contribution in [0.3, 0.4) is 0 Å². The molecule has 0 spiro atoms. The number of anilines is 1. The third-order valence-corrected chi connectivity index (χ3v) is 4.19. The number of ether oxygens (including phenoxy) is 1. The summed E-state index contributed by atoms with van der Waals surface area (Å²) in [5.74, 6) is 0.0437. The lowest BCUT2D eigenvalue weighted by Crippen LogP contribution is -2.30. The van der Waals surface area contributed by atoms with Gasteiger partial charge in [-0.25, -0.2) is 4.98 Å². The Morgan fingerprint density at radius 1 is 1.57 bits per heavy atom. The molecule has 2 aromatic rings. The molecular weight excluding hydrogens is 298 g/mol. The summed E-state index contributed by atoms with van der Waals surface area (Å²) in [6.45, 7) is -0.335. The number of imidazole rings is 1. The van der Waals surface area contributed by atoms with E-state index in [1.807, 2.05) is 0 Å². The molecule has 4 N–H and O–H groups in total. The highest BCUT2D eigenvalue weighted by molar-refractivity contribution is 7.81. The van der Waals surface area contributed by atoms with E-state index >= 15 is 0 Å². The minimum absolute atomic E-state index is 0.0437. The summed E-state index contributed by atoms with van der Waals surface area (Å²) in [5.41, 5.74) is 5.73. The van der Waals surface area contributed by atoms with Gasteiger partial charge in [0.05, 0.1) is 24.3 Å². The van der Waals surface area contributed by atoms with Gasteiger partial charge in [-0.05, 0) is 0 Å². The summed E-state index contributed by atoms with van der Waals surface area (Å²) in [7, 11) is 1.50. The normalized spacial score (nSPS) is 29.3. The number of fused-ring (bicyclic) bond motifs is 1. The fourth-order valence-corrected chi connectivity index (χ4v) is 2.76. The van der Waals surface area contributed by atoms with E-state index in [-0.39, 0.29) is 29.3 Å². The minimum atomic E-state index is -0.940. The van der Waals surface area contributed by atoms with Crippen LogP contribution in [0.4, 0.5) is 5.95 Å². The van der Waals surface area contributed by atoms with Crippen LogP contribution in [0.1, 0.15) is 6.23 Å². The molecule has 1 aliphatic rings. The maximum atomic E-state index is 12.1. The third kappa shape index (κ3) is 2.02. The second kappa shape index (κ2) is 4.98. The zero-order chi connectivity index (χ0) is 15.3. The molecule has 1 fully saturated rings. The Hall–Kier alpha value is -1.62. The minimum Gasteiger partial charge on any atom is -0.394 e. The average molecular weight is 313 g/mol. The van der Waals surface area contributed by atoms with Crippen LogP contribution in [-0.2, 0) is 11.8 Å². The highest BCUT2D eigenvalue weighted by atomic mass is 32.1. The van der Waals surface area contributed by atoms with E-state index in [4.69, 9.17) is 10.5 Å². The predicted octanol–water partition coefficient (Wildman–Crippen LogP) is -1.74. The van der Waals surface area contributed by atoms with Crippen molar-refractivity contribution in [1.82, 2.24) is 19.1 Å². The van der Waals surface area contributed by atoms with E-state index in [1.54, 1.807) is 0 Å². The maximum absolute atomic E-state index is 12.1. The molecule has 0 aliphatic carbocycles. The summed E-state index contributed by atoms with van der Waals surface area (Å²) in [5, 5.41) is 18.5. The summed E-state index contributed by atoms with van der Waals surface area (Å²) in [4.78, 5) is 20.2. The van der Waals surface area contributed by atoms with Gasteiger partial charge < -0.3 is 20.7 Å². The van der Waals surface area contributed by atoms with Crippen molar-refractivity contribution in [3.8, 4) is 0 Å². The fourth-order valence-electron chi connectivity index (χ4n) is 2.36. The average Bonchev–Trinajstić information content (AvgIpc) is 2.99. The second-order valence-electron chi connectivity index (χ2n) is 4.89. The van der Waals surface area contributed by atoms with Crippen molar-refractivity contribution in [2.75, 3.05) is 12.3 Å². The Bertz CT molecular complexity index is 744. The number of nitrogens with zero attached hydrogens (tertiary/aromatic N) is 4. The highest BCUT2D eigenvalue weighted by Gasteiger charge is 2.43. The number of nitrogen functional groups attached to an aromatic ring is 1. The van der Waals surface area contributed by atoms with Gasteiger partial charge in [0.2, 0.25) is 5.95 Å². The Kier molecular flexibility index (Phi) is 3.40. The van der Waals surface area contributed by atoms with Crippen LogP contribution >= 0.6 is 12.6 Å². The lowest BCUT2D eigenvalue weighted by atomic mass is 10.2. The van der Waals surface area contributed by atoms with Crippen LogP contribution in [0.15, 0.2) is 11.1 Å². The SMILES string of the molecule is Cn1c(N)nc2c(ncn2[C@@H]2O[C@H](CO)[C@@H](O)[C@H]2S)c1=O. The van der Waals surface area contributed by atoms with Crippen LogP contribution < -0.4 is 11.3 Å². The summed E-state index contributed by atoms with van der Waals surface area (Å²) in [6, 6.07) is 0. The van der Waals surface area contributed by atoms with Crippen molar-refractivity contribution in [2.24, 2.45) is 7.05 Å². The number of thiol groups is 1. The van der Waals surface area contributed by atoms with Gasteiger partial charge in [0, 0.05) is 7.05 Å². The molecule has 4 atom stereocenters. The van der Waals surface area contributed by atoms with Crippen molar-refractivity contribution in [3.63, 3.8) is 0 Å². The zero-order valence-electron chi connectivity index (χ0n) is 11.1. The van der Waals surface area contributed by atoms with E-state index in [9.17, 15) is 15.0 Å². The highest BCUT2D eigenvalue weighted by Crippen LogP contribution is 2.34. The molecule has 1 aliphatic heterocycles. The summed E-state index contributed by atoms with van der Waals surface area (Å²) >= 11 is 4.30. The predicted molar refractivity (Wildman–Crippen MR) is 77.0 cm³/mol. The van der Waals surface area contributed by atoms with Gasteiger partial charge in [0.25, 0.3) is 5.56 Å². The number of aromatic nitrogens is 4. The number of hydrogen-bond donors (Lipinski definition) is 4. The number of hydrogen-bond acceptors (Lipinski definition) is 8. The monoisotopic (exact) mass is 313 g/mol. The van der Waals surface area contributed by atoms with Gasteiger partial charge in [0.1, 0.15) is 6.10 Å². The van der Waals surface area contributed by atoms with E-state index in [0.717, 1.165) is 0 Å². The third-order valence-electron chi connectivity index (χ3n) is 3.63. The van der Waals surface area contributed by atoms with E-state index in [0.29, 0.717) is 0 Å². The second-order valence-corrected chi connectivity index (χ2v) is 5.48. The van der Waals surface area contributed by atoms with Crippen molar-refractivity contribution < 1.29 is 14.9 Å². The van der Waals surface area contributed by atoms with E-state index in [2.05, 4.69) is 22.6 Å². The Morgan fingerprint density at radius 3 is 2.90 bits per heavy atom. The smallest absolute Gasteiger partial charge is 0.282 e. The van der Waals surface area contributed by atoms with Gasteiger partial charge in [-0.2, -0.15) is 17.6 Å². The first-order chi connectivity index (χ1) is 9.95. The van der Waals surface area contributed by atoms with Gasteiger partial charge >= 0.3 is 0 Å². The van der Waals surface area contributed by atoms with Crippen LogP contribution in [0.5, 0.6) is 0 Å². The van der Waals surface area contributed by atoms with E-state index < -0.39 is 23.7 Å². The summed E-state index contributed by atoms with van der Waals surface area (Å²) in [6.07, 6.45) is -1.01. The molecule has 3 heterocycles. The van der Waals surface area contributed by atoms with Crippen LogP contribution in [0.2, 0.25) is 0 Å². The lowest BCUT2D eigenvalue weighted by Gasteiger charge is -2.17. The van der Waals surface area contributed by atoms with Gasteiger partial charge in [-0.15, -0.1) is 0 Å². The molecule has 0 radical (unpaired) electrons. The first-order valence-corrected chi connectivity index (χ1v) is 6.78. The zero-order valence-corrected chi connectivity index (χ0v) is 12.0. The molecule has 0 amide bonds. The molecule has 0 saturated carbocycles. The van der Waals surface area contributed by atoms with E-state index in [1.165, 1.54) is 22.5 Å². The molecule has 10 heteroatoms. The van der Waals surface area contributed by atoms with Crippen LogP contribution in [0.25, 0.3) is 11.2 Å². The Balaban J connectivity index is 2.12. The molecule has 1 saturated heterocycles. The molecule has 21 heavy (non-hydrogen) atoms. The summed E-state index contributed by atoms with van der Waals surface area (Å²) < 4.78 is 8.24. The Labute approximate surface area is 124 Å². The van der Waals surface area contributed by atoms with Crippen molar-refractivity contribution in [2.45, 2.75) is 23.7 Å². The quantitative estimate of drug-likeness (QED) is 0.484. The first kappa shape index (κ1) is 14.3. The molecule has 9 nitrogen and oxygen atoms in total. The van der Waals surface area contributed by atoms with Crippen LogP contribution in [0, 0.1) is 0 Å². The standard InChI is InChI=1S/C11H15N5O4S/c1-15-9(19)5-8(14-11(15)12)16(3-13-5)10-7(21)6(18)4(2-17)20-10/h3-4,6-7,10,17-18,21H,2H2,1H3,(H2,12,14)/t4-,6-,7-,10-/m1/s1. The Morgan fingerprint density at radius 2 is 2.29 bits per heavy atom. The molecule has 114 valence electrons. The van der Waals surface area contributed by atoms with Crippen molar-refractivity contribution >= 4 is 29.7 Å². The molecular formula is C11H15N5O4S. The maximum Gasteiger partial charge on any atom is 0.282 e. The first-order valence-electron chi connectivity index (χ1n) is 6.27. The topological polar surface area (TPSA) is 128 Å². The largest absolute Gasteiger partial charge is 0.394 e. The molecule has 3 rings (SSSR count). The number of aliphatic hydroxyl groups is 2. The number of aliphatic hydroxyl groups excluding tert-OH is 2. The van der Waals surface area contributed by atoms with Crippen LogP contribution in [-0.4, -0.2) is 53.4 Å². The van der Waals surface area contributed by atoms with Gasteiger partial charge in [-0.1, -0.05) is 0 Å². The van der Waals surface area contributed by atoms with Gasteiger partial charge in [0.15, 0.2) is 17.4 Å². The number of nitrogens with two attached hydrogens (primary N) is 1. The molecule has 0 bridgehead atoms. The van der Waals surface area contributed by atoms with Gasteiger partial charge in [-0.3, -0.25) is 13.9 Å².